The van der Waals surface area contributed by atoms with E-state index in [0.29, 0.717) is 23.1 Å². The third kappa shape index (κ3) is 2.56. The Kier molecular flexibility index (Phi) is 3.75. The van der Waals surface area contributed by atoms with Crippen LogP contribution in [0.4, 0.5) is 0 Å². The summed E-state index contributed by atoms with van der Waals surface area (Å²) in [7, 11) is 0. The minimum Gasteiger partial charge on any atom is -0.507 e. The van der Waals surface area contributed by atoms with Crippen molar-refractivity contribution in [1.82, 2.24) is 5.43 Å². The van der Waals surface area contributed by atoms with Crippen LogP contribution < -0.4 is 5.43 Å². The second-order valence-corrected chi connectivity index (χ2v) is 6.99. The van der Waals surface area contributed by atoms with Crippen molar-refractivity contribution in [3.05, 3.63) is 42.0 Å². The Balaban J connectivity index is 1.51. The molecule has 0 saturated heterocycles. The van der Waals surface area contributed by atoms with Crippen LogP contribution in [0.15, 0.2) is 41.5 Å². The molecule has 0 bridgehead atoms. The number of carbonyl (C=O) groups is 1. The number of fused-ring (bicyclic) bond motifs is 2. The fourth-order valence-electron chi connectivity index (χ4n) is 4.20. The molecule has 1 amide bonds. The highest BCUT2D eigenvalue weighted by molar-refractivity contribution is 6.06. The van der Waals surface area contributed by atoms with Crippen molar-refractivity contribution in [1.29, 1.82) is 0 Å². The molecule has 2 aliphatic carbocycles. The smallest absolute Gasteiger partial charge is 0.243 e. The maximum Gasteiger partial charge on any atom is 0.243 e. The lowest BCUT2D eigenvalue weighted by molar-refractivity contribution is -0.122. The predicted molar refractivity (Wildman–Crippen MR) is 94.9 cm³/mol. The first-order chi connectivity index (χ1) is 11.7. The minimum atomic E-state index is 0.0338. The van der Waals surface area contributed by atoms with Gasteiger partial charge in [-0.25, -0.2) is 5.43 Å². The maximum absolute atomic E-state index is 12.3. The van der Waals surface area contributed by atoms with E-state index >= 15 is 0 Å². The van der Waals surface area contributed by atoms with Crippen molar-refractivity contribution >= 4 is 22.4 Å². The first kappa shape index (κ1) is 15.2. The van der Waals surface area contributed by atoms with Gasteiger partial charge in [-0.2, -0.15) is 5.10 Å². The number of aromatic hydroxyl groups is 1. The van der Waals surface area contributed by atoms with Crippen LogP contribution in [-0.2, 0) is 4.79 Å². The lowest BCUT2D eigenvalue weighted by Crippen LogP contribution is -2.22. The van der Waals surface area contributed by atoms with Gasteiger partial charge in [0.2, 0.25) is 5.91 Å². The summed E-state index contributed by atoms with van der Waals surface area (Å²) in [6, 6.07) is 11.5. The summed E-state index contributed by atoms with van der Waals surface area (Å²) >= 11 is 0. The van der Waals surface area contributed by atoms with E-state index in [9.17, 15) is 9.90 Å². The third-order valence-electron chi connectivity index (χ3n) is 5.58. The molecule has 0 aliphatic heterocycles. The Morgan fingerprint density at radius 3 is 2.58 bits per heavy atom. The monoisotopic (exact) mass is 322 g/mol. The first-order valence-corrected chi connectivity index (χ1v) is 8.72. The number of phenols is 1. The van der Waals surface area contributed by atoms with Gasteiger partial charge in [-0.1, -0.05) is 43.2 Å². The fraction of sp³-hybridized carbons (Fsp3) is 0.400. The molecule has 0 heterocycles. The van der Waals surface area contributed by atoms with Crippen LogP contribution in [0.3, 0.4) is 0 Å². The number of hydrogen-bond acceptors (Lipinski definition) is 3. The molecular formula is C20H22N2O2. The Morgan fingerprint density at radius 2 is 1.83 bits per heavy atom. The molecule has 4 nitrogen and oxygen atoms in total. The summed E-state index contributed by atoms with van der Waals surface area (Å²) in [5.74, 6) is 1.54. The quantitative estimate of drug-likeness (QED) is 0.666. The van der Waals surface area contributed by atoms with E-state index in [1.54, 1.807) is 0 Å². The minimum absolute atomic E-state index is 0.0338. The van der Waals surface area contributed by atoms with Gasteiger partial charge in [0.15, 0.2) is 0 Å². The van der Waals surface area contributed by atoms with Crippen LogP contribution in [0.25, 0.3) is 10.8 Å². The normalized spacial score (nSPS) is 26.0. The van der Waals surface area contributed by atoms with Crippen molar-refractivity contribution in [2.45, 2.75) is 32.6 Å². The average Bonchev–Trinajstić information content (AvgIpc) is 3.34. The molecule has 0 unspecified atom stereocenters. The van der Waals surface area contributed by atoms with Crippen LogP contribution in [-0.4, -0.2) is 16.7 Å². The predicted octanol–water partition coefficient (Wildman–Crippen LogP) is 3.82. The molecule has 2 aromatic rings. The fourth-order valence-corrected chi connectivity index (χ4v) is 4.20. The molecule has 2 atom stereocenters. The second kappa shape index (κ2) is 5.93. The first-order valence-electron chi connectivity index (χ1n) is 8.72. The lowest BCUT2D eigenvalue weighted by Gasteiger charge is -2.08. The summed E-state index contributed by atoms with van der Waals surface area (Å²) in [6.07, 6.45) is 4.85. The number of amides is 1. The number of nitrogens with one attached hydrogen (secondary N) is 1. The summed E-state index contributed by atoms with van der Waals surface area (Å²) < 4.78 is 0. The topological polar surface area (TPSA) is 61.7 Å². The number of hydrogen-bond donors (Lipinski definition) is 2. The Morgan fingerprint density at radius 1 is 1.12 bits per heavy atom. The van der Waals surface area contributed by atoms with Gasteiger partial charge in [-0.15, -0.1) is 0 Å². The highest BCUT2D eigenvalue weighted by Gasteiger charge is 2.54. The molecule has 24 heavy (non-hydrogen) atoms. The summed E-state index contributed by atoms with van der Waals surface area (Å²) in [5.41, 5.74) is 3.99. The van der Waals surface area contributed by atoms with Gasteiger partial charge >= 0.3 is 0 Å². The van der Waals surface area contributed by atoms with Crippen molar-refractivity contribution < 1.29 is 9.90 Å². The van der Waals surface area contributed by atoms with Crippen LogP contribution in [0.5, 0.6) is 5.75 Å². The largest absolute Gasteiger partial charge is 0.507 e. The SMILES string of the molecule is CC(=NNC(=O)C1[C@@H]2CCCC[C@@H]12)c1ccc2ccccc2c1O. The number of benzene rings is 2. The van der Waals surface area contributed by atoms with Gasteiger partial charge in [0.05, 0.1) is 5.71 Å². The number of phenolic OH excluding ortho intramolecular Hbond substituents is 1. The molecule has 2 aromatic carbocycles. The highest BCUT2D eigenvalue weighted by Crippen LogP contribution is 2.55. The molecule has 0 radical (unpaired) electrons. The lowest BCUT2D eigenvalue weighted by atomic mass is 10.0. The van der Waals surface area contributed by atoms with Crippen molar-refractivity contribution in [3.8, 4) is 5.75 Å². The van der Waals surface area contributed by atoms with Gasteiger partial charge < -0.3 is 5.11 Å². The molecule has 4 heteroatoms. The number of rotatable bonds is 3. The van der Waals surface area contributed by atoms with Crippen molar-refractivity contribution in [2.75, 3.05) is 0 Å². The van der Waals surface area contributed by atoms with Crippen LogP contribution in [0, 0.1) is 17.8 Å². The van der Waals surface area contributed by atoms with Gasteiger partial charge in [-0.05, 0) is 43.1 Å². The zero-order valence-corrected chi connectivity index (χ0v) is 13.8. The molecule has 0 aromatic heterocycles. The van der Waals surface area contributed by atoms with Gasteiger partial charge in [0.25, 0.3) is 0 Å². The van der Waals surface area contributed by atoms with E-state index in [2.05, 4.69) is 10.5 Å². The van der Waals surface area contributed by atoms with Gasteiger partial charge in [0, 0.05) is 16.9 Å². The number of carbonyl (C=O) groups excluding carboxylic acids is 1. The van der Waals surface area contributed by atoms with E-state index in [1.165, 1.54) is 25.7 Å². The molecule has 0 spiro atoms. The van der Waals surface area contributed by atoms with Gasteiger partial charge in [0.1, 0.15) is 5.75 Å². The van der Waals surface area contributed by atoms with Crippen LogP contribution in [0.1, 0.15) is 38.2 Å². The van der Waals surface area contributed by atoms with E-state index in [4.69, 9.17) is 0 Å². The number of hydrazone groups is 1. The number of nitrogens with zero attached hydrogens (tertiary/aromatic N) is 1. The van der Waals surface area contributed by atoms with E-state index in [0.717, 1.165) is 10.8 Å². The van der Waals surface area contributed by atoms with Crippen molar-refractivity contribution in [3.63, 3.8) is 0 Å². The van der Waals surface area contributed by atoms with E-state index in [1.807, 2.05) is 43.3 Å². The Labute approximate surface area is 141 Å². The molecule has 124 valence electrons. The molecule has 2 N–H and O–H groups in total. The molecule has 2 saturated carbocycles. The summed E-state index contributed by atoms with van der Waals surface area (Å²) in [6.45, 7) is 1.81. The maximum atomic E-state index is 12.3. The Bertz CT molecular complexity index is 815. The zero-order valence-electron chi connectivity index (χ0n) is 13.8. The standard InChI is InChI=1S/C20H22N2O2/c1-12(14-11-10-13-6-2-3-7-15(13)19(14)23)21-22-20(24)18-16-8-4-5-9-17(16)18/h2-3,6-7,10-11,16-18,23H,4-5,8-9H2,1H3,(H,22,24)/t16-,17-/m1/s1. The summed E-state index contributed by atoms with van der Waals surface area (Å²) in [5, 5.41) is 16.5. The highest BCUT2D eigenvalue weighted by atomic mass is 16.3. The van der Waals surface area contributed by atoms with Gasteiger partial charge in [-0.3, -0.25) is 4.79 Å². The van der Waals surface area contributed by atoms with Crippen LogP contribution >= 0.6 is 0 Å². The zero-order chi connectivity index (χ0) is 16.7. The van der Waals surface area contributed by atoms with E-state index < -0.39 is 0 Å². The summed E-state index contributed by atoms with van der Waals surface area (Å²) in [4.78, 5) is 12.3. The van der Waals surface area contributed by atoms with E-state index in [-0.39, 0.29) is 17.6 Å². The Hall–Kier alpha value is -2.36. The molecule has 4 rings (SSSR count). The molecule has 2 fully saturated rings. The second-order valence-electron chi connectivity index (χ2n) is 6.99. The van der Waals surface area contributed by atoms with Crippen LogP contribution in [0.2, 0.25) is 0 Å². The average molecular weight is 322 g/mol. The third-order valence-corrected chi connectivity index (χ3v) is 5.58. The van der Waals surface area contributed by atoms with Crippen molar-refractivity contribution in [2.24, 2.45) is 22.9 Å². The molecular weight excluding hydrogens is 300 g/mol. The molecule has 2 aliphatic rings.